The van der Waals surface area contributed by atoms with E-state index in [9.17, 15) is 9.90 Å². The summed E-state index contributed by atoms with van der Waals surface area (Å²) in [5, 5.41) is 16.4. The molecule has 3 N–H and O–H groups in total. The fraction of sp³-hybridized carbons (Fsp3) is 0.417. The Kier molecular flexibility index (Phi) is 3.61. The third-order valence-corrected chi connectivity index (χ3v) is 2.87. The number of rotatable bonds is 2. The highest BCUT2D eigenvalue weighted by Crippen LogP contribution is 2.23. The van der Waals surface area contributed by atoms with Gasteiger partial charge in [0.25, 0.3) is 0 Å². The van der Waals surface area contributed by atoms with Crippen LogP contribution in [-0.4, -0.2) is 37.8 Å². The molecule has 2 rings (SSSR count). The molecule has 1 fully saturated rings. The lowest BCUT2D eigenvalue weighted by Gasteiger charge is -2.25. The molecule has 0 amide bonds. The van der Waals surface area contributed by atoms with Crippen molar-refractivity contribution in [2.75, 3.05) is 26.7 Å². The molecule has 0 saturated carbocycles. The van der Waals surface area contributed by atoms with Crippen LogP contribution in [0.5, 0.6) is 5.75 Å². The minimum atomic E-state index is -0.524. The lowest BCUT2D eigenvalue weighted by molar-refractivity contribution is 0.0597. The normalized spacial score (nSPS) is 19.9. The van der Waals surface area contributed by atoms with Gasteiger partial charge in [-0.3, -0.25) is 0 Å². The van der Waals surface area contributed by atoms with Gasteiger partial charge in [-0.15, -0.1) is 0 Å². The summed E-state index contributed by atoms with van der Waals surface area (Å²) in [6.07, 6.45) is 0. The summed E-state index contributed by atoms with van der Waals surface area (Å²) in [6.45, 7) is 2.66. The molecular weight excluding hydrogens is 220 g/mol. The van der Waals surface area contributed by atoms with Gasteiger partial charge in [0.2, 0.25) is 0 Å². The molecule has 0 radical (unpaired) electrons. The van der Waals surface area contributed by atoms with Gasteiger partial charge in [-0.1, -0.05) is 6.07 Å². The number of aromatic hydroxyl groups is 1. The molecule has 1 heterocycles. The van der Waals surface area contributed by atoms with Crippen LogP contribution in [0.3, 0.4) is 0 Å². The number of hydrogen-bond donors (Lipinski definition) is 3. The molecule has 17 heavy (non-hydrogen) atoms. The van der Waals surface area contributed by atoms with Crippen molar-refractivity contribution in [2.24, 2.45) is 0 Å². The maximum absolute atomic E-state index is 11.3. The molecule has 1 aromatic carbocycles. The molecule has 5 heteroatoms. The third kappa shape index (κ3) is 2.57. The summed E-state index contributed by atoms with van der Waals surface area (Å²) in [6, 6.07) is 5.20. The van der Waals surface area contributed by atoms with Gasteiger partial charge < -0.3 is 20.5 Å². The second-order valence-electron chi connectivity index (χ2n) is 3.98. The fourth-order valence-electron chi connectivity index (χ4n) is 1.94. The number of benzene rings is 1. The Bertz CT molecular complexity index is 414. The van der Waals surface area contributed by atoms with E-state index in [-0.39, 0.29) is 17.4 Å². The maximum atomic E-state index is 11.3. The Morgan fingerprint density at radius 3 is 2.88 bits per heavy atom. The molecule has 0 aromatic heterocycles. The van der Waals surface area contributed by atoms with Crippen LogP contribution >= 0.6 is 0 Å². The van der Waals surface area contributed by atoms with E-state index in [1.165, 1.54) is 7.11 Å². The van der Waals surface area contributed by atoms with Crippen LogP contribution in [0.25, 0.3) is 0 Å². The van der Waals surface area contributed by atoms with Crippen molar-refractivity contribution < 1.29 is 14.6 Å². The first-order valence-electron chi connectivity index (χ1n) is 5.57. The van der Waals surface area contributed by atoms with Gasteiger partial charge in [0.1, 0.15) is 11.3 Å². The van der Waals surface area contributed by atoms with Crippen molar-refractivity contribution in [3.63, 3.8) is 0 Å². The van der Waals surface area contributed by atoms with Crippen molar-refractivity contribution in [2.45, 2.75) is 6.04 Å². The molecule has 0 bridgehead atoms. The summed E-state index contributed by atoms with van der Waals surface area (Å²) in [5.74, 6) is -0.564. The Morgan fingerprint density at radius 1 is 1.47 bits per heavy atom. The number of piperazine rings is 1. The quantitative estimate of drug-likeness (QED) is 0.649. The predicted octanol–water partition coefficient (Wildman–Crippen LogP) is 0.413. The number of methoxy groups -OCH3 is 1. The molecule has 5 nitrogen and oxygen atoms in total. The van der Waals surface area contributed by atoms with E-state index in [2.05, 4.69) is 15.4 Å². The average molecular weight is 236 g/mol. The van der Waals surface area contributed by atoms with Crippen molar-refractivity contribution in [3.05, 3.63) is 29.3 Å². The number of nitrogens with one attached hydrogen (secondary N) is 2. The molecule has 92 valence electrons. The average Bonchev–Trinajstić information content (AvgIpc) is 2.39. The lowest BCUT2D eigenvalue weighted by Crippen LogP contribution is -2.42. The molecule has 1 atom stereocenters. The van der Waals surface area contributed by atoms with E-state index in [0.29, 0.717) is 0 Å². The van der Waals surface area contributed by atoms with Gasteiger partial charge in [-0.05, 0) is 17.7 Å². The van der Waals surface area contributed by atoms with E-state index in [1.807, 2.05) is 6.07 Å². The van der Waals surface area contributed by atoms with Crippen molar-refractivity contribution >= 4 is 5.97 Å². The molecule has 0 spiro atoms. The van der Waals surface area contributed by atoms with Gasteiger partial charge in [-0.25, -0.2) is 4.79 Å². The standard InChI is InChI=1S/C12H16N2O3/c1-17-12(16)9-3-2-8(6-11(9)15)10-7-13-4-5-14-10/h2-3,6,10,13-15H,4-5,7H2,1H3. The molecule has 1 aromatic rings. The summed E-state index contributed by atoms with van der Waals surface area (Å²) >= 11 is 0. The van der Waals surface area contributed by atoms with Crippen LogP contribution in [0.4, 0.5) is 0 Å². The molecule has 1 saturated heterocycles. The van der Waals surface area contributed by atoms with Crippen LogP contribution in [-0.2, 0) is 4.74 Å². The zero-order valence-corrected chi connectivity index (χ0v) is 9.69. The summed E-state index contributed by atoms with van der Waals surface area (Å²) in [5.41, 5.74) is 1.15. The minimum absolute atomic E-state index is 0.0401. The monoisotopic (exact) mass is 236 g/mol. The van der Waals surface area contributed by atoms with E-state index in [4.69, 9.17) is 0 Å². The Hall–Kier alpha value is -1.59. The van der Waals surface area contributed by atoms with Crippen molar-refractivity contribution in [1.82, 2.24) is 10.6 Å². The maximum Gasteiger partial charge on any atom is 0.341 e. The summed E-state index contributed by atoms with van der Waals surface area (Å²) in [4.78, 5) is 11.3. The van der Waals surface area contributed by atoms with Gasteiger partial charge in [-0.2, -0.15) is 0 Å². The SMILES string of the molecule is COC(=O)c1ccc(C2CNCCN2)cc1O. The number of hydrogen-bond acceptors (Lipinski definition) is 5. The highest BCUT2D eigenvalue weighted by atomic mass is 16.5. The smallest absolute Gasteiger partial charge is 0.341 e. The molecule has 1 unspecified atom stereocenters. The minimum Gasteiger partial charge on any atom is -0.507 e. The third-order valence-electron chi connectivity index (χ3n) is 2.87. The summed E-state index contributed by atoms with van der Waals surface area (Å²) < 4.78 is 4.58. The lowest BCUT2D eigenvalue weighted by atomic mass is 10.0. The van der Waals surface area contributed by atoms with Gasteiger partial charge in [0.15, 0.2) is 0 Å². The zero-order valence-electron chi connectivity index (χ0n) is 9.69. The first-order chi connectivity index (χ1) is 8.22. The van der Waals surface area contributed by atoms with Crippen LogP contribution in [0, 0.1) is 0 Å². The van der Waals surface area contributed by atoms with Crippen molar-refractivity contribution in [1.29, 1.82) is 0 Å². The Labute approximate surface area is 99.8 Å². The van der Waals surface area contributed by atoms with E-state index >= 15 is 0 Å². The number of carbonyl (C=O) groups is 1. The second kappa shape index (κ2) is 5.16. The number of phenolic OH excluding ortho intramolecular Hbond substituents is 1. The van der Waals surface area contributed by atoms with Crippen molar-refractivity contribution in [3.8, 4) is 5.75 Å². The number of phenols is 1. The molecule has 1 aliphatic rings. The molecule has 0 aliphatic carbocycles. The first kappa shape index (κ1) is 11.9. The predicted molar refractivity (Wildman–Crippen MR) is 63.1 cm³/mol. The van der Waals surface area contributed by atoms with Crippen LogP contribution in [0.2, 0.25) is 0 Å². The Balaban J connectivity index is 2.20. The summed E-state index contributed by atoms with van der Waals surface area (Å²) in [7, 11) is 1.29. The highest BCUT2D eigenvalue weighted by Gasteiger charge is 2.17. The van der Waals surface area contributed by atoms with E-state index < -0.39 is 5.97 Å². The van der Waals surface area contributed by atoms with Crippen LogP contribution in [0.1, 0.15) is 22.0 Å². The number of carbonyl (C=O) groups excluding carboxylic acids is 1. The largest absolute Gasteiger partial charge is 0.507 e. The van der Waals surface area contributed by atoms with Crippen LogP contribution < -0.4 is 10.6 Å². The number of ether oxygens (including phenoxy) is 1. The highest BCUT2D eigenvalue weighted by molar-refractivity contribution is 5.92. The van der Waals surface area contributed by atoms with Gasteiger partial charge in [0, 0.05) is 25.7 Å². The topological polar surface area (TPSA) is 70.6 Å². The van der Waals surface area contributed by atoms with Crippen LogP contribution in [0.15, 0.2) is 18.2 Å². The second-order valence-corrected chi connectivity index (χ2v) is 3.98. The fourth-order valence-corrected chi connectivity index (χ4v) is 1.94. The first-order valence-corrected chi connectivity index (χ1v) is 5.57. The van der Waals surface area contributed by atoms with E-state index in [0.717, 1.165) is 25.2 Å². The number of esters is 1. The Morgan fingerprint density at radius 2 is 2.29 bits per heavy atom. The molecular formula is C12H16N2O3. The van der Waals surface area contributed by atoms with Gasteiger partial charge >= 0.3 is 5.97 Å². The van der Waals surface area contributed by atoms with E-state index in [1.54, 1.807) is 12.1 Å². The van der Waals surface area contributed by atoms with Gasteiger partial charge in [0.05, 0.1) is 7.11 Å². The molecule has 1 aliphatic heterocycles. The zero-order chi connectivity index (χ0) is 12.3.